The van der Waals surface area contributed by atoms with Crippen LogP contribution in [0.4, 0.5) is 0 Å². The minimum atomic E-state index is -0.173. The van der Waals surface area contributed by atoms with Gasteiger partial charge in [0, 0.05) is 48.3 Å². The number of amides is 2. The Morgan fingerprint density at radius 1 is 1.23 bits per heavy atom. The lowest BCUT2D eigenvalue weighted by Gasteiger charge is -2.18. The number of carbonyl (C=O) groups excluding carboxylic acids is 2. The molecule has 0 atom stereocenters. The van der Waals surface area contributed by atoms with Gasteiger partial charge in [0.1, 0.15) is 5.75 Å². The van der Waals surface area contributed by atoms with Gasteiger partial charge in [0.05, 0.1) is 12.8 Å². The van der Waals surface area contributed by atoms with Gasteiger partial charge in [-0.3, -0.25) is 9.59 Å². The molecule has 1 N–H and O–H groups in total. The average Bonchev–Trinajstić information content (AvgIpc) is 3.42. The predicted octanol–water partition coefficient (Wildman–Crippen LogP) is 3.78. The van der Waals surface area contributed by atoms with Crippen LogP contribution in [0.2, 0.25) is 0 Å². The Morgan fingerprint density at radius 2 is 2.10 bits per heavy atom. The average molecular weight is 454 g/mol. The third-order valence-electron chi connectivity index (χ3n) is 5.03. The molecule has 2 amide bonds. The normalized spacial score (nSPS) is 13.6. The van der Waals surface area contributed by atoms with E-state index in [0.717, 1.165) is 33.2 Å². The Balaban J connectivity index is 1.33. The molecule has 0 unspecified atom stereocenters. The molecule has 8 heteroatoms. The van der Waals surface area contributed by atoms with Gasteiger partial charge in [0.25, 0.3) is 5.91 Å². The van der Waals surface area contributed by atoms with Gasteiger partial charge in [0.2, 0.25) is 5.91 Å². The fourth-order valence-corrected chi connectivity index (χ4v) is 5.00. The number of rotatable bonds is 6. The van der Waals surface area contributed by atoms with Gasteiger partial charge in [-0.1, -0.05) is 18.2 Å². The van der Waals surface area contributed by atoms with Crippen molar-refractivity contribution in [2.75, 3.05) is 20.2 Å². The molecule has 160 valence electrons. The van der Waals surface area contributed by atoms with Crippen molar-refractivity contribution in [1.29, 1.82) is 0 Å². The minimum Gasteiger partial charge on any atom is -0.497 e. The highest BCUT2D eigenvalue weighted by molar-refractivity contribution is 7.13. The van der Waals surface area contributed by atoms with Gasteiger partial charge < -0.3 is 15.0 Å². The van der Waals surface area contributed by atoms with Crippen LogP contribution in [0.3, 0.4) is 0 Å². The first-order valence-corrected chi connectivity index (χ1v) is 11.7. The van der Waals surface area contributed by atoms with Gasteiger partial charge >= 0.3 is 0 Å². The standard InChI is InChI=1S/C23H23N3O3S2/c1-29-17-5-2-4-16(14-17)15-24-22(28)23-25-19-9-11-26(12-10-20(19)31-23)21(27)8-7-18-6-3-13-30-18/h2-8,13-14H,9-12,15H2,1H3,(H,24,28)/b8-7+. The first-order chi connectivity index (χ1) is 15.1. The molecule has 4 rings (SSSR count). The predicted molar refractivity (Wildman–Crippen MR) is 124 cm³/mol. The van der Waals surface area contributed by atoms with Crippen molar-refractivity contribution in [2.45, 2.75) is 19.4 Å². The molecule has 0 bridgehead atoms. The molecule has 1 aliphatic rings. The number of ether oxygens (including phenoxy) is 1. The molecule has 0 spiro atoms. The number of carbonyl (C=O) groups is 2. The Bertz CT molecular complexity index is 1060. The zero-order valence-corrected chi connectivity index (χ0v) is 18.8. The summed E-state index contributed by atoms with van der Waals surface area (Å²) in [6.45, 7) is 1.65. The Kier molecular flexibility index (Phi) is 6.79. The summed E-state index contributed by atoms with van der Waals surface area (Å²) in [7, 11) is 1.62. The van der Waals surface area contributed by atoms with E-state index in [1.165, 1.54) is 11.3 Å². The highest BCUT2D eigenvalue weighted by Gasteiger charge is 2.22. The topological polar surface area (TPSA) is 71.5 Å². The number of methoxy groups -OCH3 is 1. The van der Waals surface area contributed by atoms with E-state index in [-0.39, 0.29) is 11.8 Å². The third-order valence-corrected chi connectivity index (χ3v) is 7.03. The van der Waals surface area contributed by atoms with E-state index < -0.39 is 0 Å². The number of nitrogens with one attached hydrogen (secondary N) is 1. The molecule has 0 saturated carbocycles. The van der Waals surface area contributed by atoms with Crippen LogP contribution in [0.1, 0.15) is 30.8 Å². The van der Waals surface area contributed by atoms with Crippen molar-refractivity contribution < 1.29 is 14.3 Å². The second-order valence-corrected chi connectivity index (χ2v) is 9.16. The second kappa shape index (κ2) is 9.89. The molecule has 3 aromatic rings. The van der Waals surface area contributed by atoms with Crippen LogP contribution in [0.15, 0.2) is 47.9 Å². The van der Waals surface area contributed by atoms with Gasteiger partial charge in [-0.15, -0.1) is 22.7 Å². The summed E-state index contributed by atoms with van der Waals surface area (Å²) >= 11 is 3.03. The molecule has 0 fully saturated rings. The lowest BCUT2D eigenvalue weighted by Crippen LogP contribution is -2.31. The Morgan fingerprint density at radius 3 is 2.90 bits per heavy atom. The molecule has 1 aliphatic heterocycles. The van der Waals surface area contributed by atoms with E-state index in [1.807, 2.05) is 52.8 Å². The van der Waals surface area contributed by atoms with Crippen molar-refractivity contribution >= 4 is 40.6 Å². The summed E-state index contributed by atoms with van der Waals surface area (Å²) in [5.41, 5.74) is 1.89. The van der Waals surface area contributed by atoms with Gasteiger partial charge in [-0.05, 0) is 35.2 Å². The van der Waals surface area contributed by atoms with Crippen molar-refractivity contribution in [2.24, 2.45) is 0 Å². The zero-order valence-electron chi connectivity index (χ0n) is 17.2. The van der Waals surface area contributed by atoms with Gasteiger partial charge in [-0.25, -0.2) is 4.98 Å². The zero-order chi connectivity index (χ0) is 21.6. The first-order valence-electron chi connectivity index (χ1n) is 10.0. The summed E-state index contributed by atoms with van der Waals surface area (Å²) < 4.78 is 5.22. The van der Waals surface area contributed by atoms with E-state index in [9.17, 15) is 9.59 Å². The van der Waals surface area contributed by atoms with E-state index in [0.29, 0.717) is 31.1 Å². The number of benzene rings is 1. The Hall–Kier alpha value is -2.97. The maximum atomic E-state index is 12.6. The van der Waals surface area contributed by atoms with Crippen LogP contribution in [-0.4, -0.2) is 41.9 Å². The molecular formula is C23H23N3O3S2. The van der Waals surface area contributed by atoms with Crippen molar-refractivity contribution in [3.63, 3.8) is 0 Å². The van der Waals surface area contributed by atoms with Crippen LogP contribution < -0.4 is 10.1 Å². The first kappa shape index (κ1) is 21.3. The third kappa shape index (κ3) is 5.39. The number of thiazole rings is 1. The van der Waals surface area contributed by atoms with Crippen LogP contribution in [0.5, 0.6) is 5.75 Å². The summed E-state index contributed by atoms with van der Waals surface area (Å²) in [5.74, 6) is 0.601. The molecule has 6 nitrogen and oxygen atoms in total. The molecular weight excluding hydrogens is 430 g/mol. The smallest absolute Gasteiger partial charge is 0.280 e. The van der Waals surface area contributed by atoms with E-state index in [4.69, 9.17) is 4.74 Å². The highest BCUT2D eigenvalue weighted by Crippen LogP contribution is 2.23. The maximum Gasteiger partial charge on any atom is 0.280 e. The monoisotopic (exact) mass is 453 g/mol. The van der Waals surface area contributed by atoms with Crippen LogP contribution in [0.25, 0.3) is 6.08 Å². The van der Waals surface area contributed by atoms with E-state index in [2.05, 4.69) is 10.3 Å². The van der Waals surface area contributed by atoms with E-state index in [1.54, 1.807) is 24.5 Å². The molecule has 0 saturated heterocycles. The number of thiophene rings is 1. The van der Waals surface area contributed by atoms with Gasteiger partial charge in [-0.2, -0.15) is 0 Å². The quantitative estimate of drug-likeness (QED) is 0.577. The molecule has 0 radical (unpaired) electrons. The number of hydrogen-bond donors (Lipinski definition) is 1. The van der Waals surface area contributed by atoms with Crippen LogP contribution in [0, 0.1) is 0 Å². The van der Waals surface area contributed by atoms with Crippen molar-refractivity contribution in [3.8, 4) is 5.75 Å². The number of aromatic nitrogens is 1. The molecule has 1 aromatic carbocycles. The number of fused-ring (bicyclic) bond motifs is 1. The number of nitrogens with zero attached hydrogens (tertiary/aromatic N) is 2. The lowest BCUT2D eigenvalue weighted by molar-refractivity contribution is -0.125. The van der Waals surface area contributed by atoms with Crippen molar-refractivity contribution in [3.05, 3.63) is 73.9 Å². The second-order valence-electron chi connectivity index (χ2n) is 7.10. The van der Waals surface area contributed by atoms with Crippen LogP contribution in [-0.2, 0) is 24.2 Å². The van der Waals surface area contributed by atoms with Crippen molar-refractivity contribution in [1.82, 2.24) is 15.2 Å². The highest BCUT2D eigenvalue weighted by atomic mass is 32.1. The molecule has 3 heterocycles. The summed E-state index contributed by atoms with van der Waals surface area (Å²) in [6, 6.07) is 11.6. The maximum absolute atomic E-state index is 12.6. The minimum absolute atomic E-state index is 0.0137. The Labute approximate surface area is 189 Å². The lowest BCUT2D eigenvalue weighted by atomic mass is 10.2. The fraction of sp³-hybridized carbons (Fsp3) is 0.261. The fourth-order valence-electron chi connectivity index (χ4n) is 3.37. The molecule has 2 aromatic heterocycles. The summed E-state index contributed by atoms with van der Waals surface area (Å²) in [4.78, 5) is 33.7. The SMILES string of the molecule is COc1cccc(CNC(=O)c2nc3c(s2)CCN(C(=O)/C=C/c2cccs2)CC3)c1. The largest absolute Gasteiger partial charge is 0.497 e. The number of hydrogen-bond acceptors (Lipinski definition) is 6. The summed E-state index contributed by atoms with van der Waals surface area (Å²) in [5, 5.41) is 5.40. The summed E-state index contributed by atoms with van der Waals surface area (Å²) in [6.07, 6.45) is 4.87. The van der Waals surface area contributed by atoms with E-state index >= 15 is 0 Å². The molecule has 31 heavy (non-hydrogen) atoms. The van der Waals surface area contributed by atoms with Gasteiger partial charge in [0.15, 0.2) is 5.01 Å². The van der Waals surface area contributed by atoms with Crippen LogP contribution >= 0.6 is 22.7 Å². The molecule has 0 aliphatic carbocycles.